The lowest BCUT2D eigenvalue weighted by Crippen LogP contribution is -2.42. The van der Waals surface area contributed by atoms with Crippen molar-refractivity contribution in [2.24, 2.45) is 0 Å². The van der Waals surface area contributed by atoms with Crippen molar-refractivity contribution in [3.8, 4) is 0 Å². The highest BCUT2D eigenvalue weighted by Gasteiger charge is 2.41. The molecule has 124 valence electrons. The molecule has 0 radical (unpaired) electrons. The van der Waals surface area contributed by atoms with Crippen molar-refractivity contribution < 1.29 is 9.18 Å². The standard InChI is InChI=1S/C18H18FN3O2/c1-10-20-16-9-12-7-6-11(8-14(16)17(23)21-10)22(12)18(24)13-4-2-3-5-15(13)19/h2-5,11-12H,6-9H2,1H3,(H,20,21,23)/t11-,12+/m1/s1. The van der Waals surface area contributed by atoms with Gasteiger partial charge in [-0.1, -0.05) is 12.1 Å². The third-order valence-electron chi connectivity index (χ3n) is 5.05. The number of rotatable bonds is 1. The molecule has 1 aromatic carbocycles. The lowest BCUT2D eigenvalue weighted by molar-refractivity contribution is 0.0668. The van der Waals surface area contributed by atoms with Gasteiger partial charge in [0.1, 0.15) is 11.6 Å². The molecule has 1 saturated heterocycles. The van der Waals surface area contributed by atoms with Crippen LogP contribution >= 0.6 is 0 Å². The second-order valence-corrected chi connectivity index (χ2v) is 6.56. The third-order valence-corrected chi connectivity index (χ3v) is 5.05. The molecule has 24 heavy (non-hydrogen) atoms. The van der Waals surface area contributed by atoms with Crippen LogP contribution < -0.4 is 5.56 Å². The summed E-state index contributed by atoms with van der Waals surface area (Å²) < 4.78 is 14.0. The lowest BCUT2D eigenvalue weighted by atomic mass is 9.98. The van der Waals surface area contributed by atoms with Crippen molar-refractivity contribution in [3.63, 3.8) is 0 Å². The van der Waals surface area contributed by atoms with Gasteiger partial charge in [0.2, 0.25) is 0 Å². The summed E-state index contributed by atoms with van der Waals surface area (Å²) in [4.78, 5) is 34.2. The van der Waals surface area contributed by atoms with Crippen molar-refractivity contribution in [2.75, 3.05) is 0 Å². The molecule has 2 aromatic rings. The zero-order valence-electron chi connectivity index (χ0n) is 13.4. The molecule has 1 aromatic heterocycles. The highest BCUT2D eigenvalue weighted by molar-refractivity contribution is 5.95. The fourth-order valence-corrected chi connectivity index (χ4v) is 3.97. The number of nitrogens with one attached hydrogen (secondary N) is 1. The number of hydrogen-bond acceptors (Lipinski definition) is 3. The van der Waals surface area contributed by atoms with E-state index in [-0.39, 0.29) is 29.1 Å². The third kappa shape index (κ3) is 2.33. The lowest BCUT2D eigenvalue weighted by Gasteiger charge is -2.28. The molecule has 2 aliphatic rings. The predicted octanol–water partition coefficient (Wildman–Crippen LogP) is 1.99. The van der Waals surface area contributed by atoms with Crippen LogP contribution in [-0.4, -0.2) is 32.9 Å². The predicted molar refractivity (Wildman–Crippen MR) is 86.4 cm³/mol. The first-order valence-corrected chi connectivity index (χ1v) is 8.20. The van der Waals surface area contributed by atoms with Crippen molar-refractivity contribution in [3.05, 3.63) is 63.1 Å². The highest BCUT2D eigenvalue weighted by atomic mass is 19.1. The number of aryl methyl sites for hydroxylation is 1. The quantitative estimate of drug-likeness (QED) is 0.871. The smallest absolute Gasteiger partial charge is 0.257 e. The molecule has 1 amide bonds. The number of fused-ring (bicyclic) bond motifs is 3. The van der Waals surface area contributed by atoms with Gasteiger partial charge in [-0.15, -0.1) is 0 Å². The van der Waals surface area contributed by atoms with Gasteiger partial charge in [0.25, 0.3) is 11.5 Å². The molecular formula is C18H18FN3O2. The van der Waals surface area contributed by atoms with Crippen LogP contribution in [0, 0.1) is 12.7 Å². The van der Waals surface area contributed by atoms with Crippen LogP contribution in [0.2, 0.25) is 0 Å². The number of benzene rings is 1. The minimum atomic E-state index is -0.504. The highest BCUT2D eigenvalue weighted by Crippen LogP contribution is 2.34. The second kappa shape index (κ2) is 5.54. The number of aromatic nitrogens is 2. The average Bonchev–Trinajstić information content (AvgIpc) is 2.83. The number of aromatic amines is 1. The van der Waals surface area contributed by atoms with E-state index in [4.69, 9.17) is 0 Å². The molecule has 1 fully saturated rings. The molecule has 0 aliphatic carbocycles. The van der Waals surface area contributed by atoms with Gasteiger partial charge in [0, 0.05) is 30.5 Å². The molecular weight excluding hydrogens is 309 g/mol. The summed E-state index contributed by atoms with van der Waals surface area (Å²) in [5.41, 5.74) is 1.41. The molecule has 4 rings (SSSR count). The molecule has 0 unspecified atom stereocenters. The summed E-state index contributed by atoms with van der Waals surface area (Å²) in [6.45, 7) is 1.76. The van der Waals surface area contributed by atoms with Gasteiger partial charge in [0.05, 0.1) is 11.3 Å². The fraction of sp³-hybridized carbons (Fsp3) is 0.389. The molecule has 2 atom stereocenters. The molecule has 5 nitrogen and oxygen atoms in total. The number of carbonyl (C=O) groups is 1. The maximum atomic E-state index is 14.0. The van der Waals surface area contributed by atoms with Crippen LogP contribution in [0.4, 0.5) is 4.39 Å². The van der Waals surface area contributed by atoms with Gasteiger partial charge < -0.3 is 9.88 Å². The van der Waals surface area contributed by atoms with E-state index in [1.165, 1.54) is 12.1 Å². The number of H-pyrrole nitrogens is 1. The van der Waals surface area contributed by atoms with Crippen LogP contribution in [0.15, 0.2) is 29.1 Å². The topological polar surface area (TPSA) is 66.1 Å². The van der Waals surface area contributed by atoms with E-state index in [2.05, 4.69) is 9.97 Å². The van der Waals surface area contributed by atoms with Gasteiger partial charge in [-0.25, -0.2) is 9.37 Å². The summed E-state index contributed by atoms with van der Waals surface area (Å²) in [5.74, 6) is -0.208. The molecule has 2 aliphatic heterocycles. The molecule has 0 saturated carbocycles. The fourth-order valence-electron chi connectivity index (χ4n) is 3.97. The number of carbonyl (C=O) groups excluding carboxylic acids is 1. The Morgan fingerprint density at radius 1 is 1.25 bits per heavy atom. The van der Waals surface area contributed by atoms with E-state index in [0.717, 1.165) is 18.5 Å². The van der Waals surface area contributed by atoms with Gasteiger partial charge >= 0.3 is 0 Å². The Balaban J connectivity index is 1.73. The van der Waals surface area contributed by atoms with E-state index >= 15 is 0 Å². The number of amides is 1. The first-order chi connectivity index (χ1) is 11.5. The first-order valence-electron chi connectivity index (χ1n) is 8.20. The maximum Gasteiger partial charge on any atom is 0.257 e. The van der Waals surface area contributed by atoms with Crippen molar-refractivity contribution in [1.82, 2.24) is 14.9 Å². The number of hydrogen-bond donors (Lipinski definition) is 1. The van der Waals surface area contributed by atoms with E-state index < -0.39 is 5.82 Å². The molecule has 6 heteroatoms. The van der Waals surface area contributed by atoms with Crippen molar-refractivity contribution in [1.29, 1.82) is 0 Å². The maximum absolute atomic E-state index is 14.0. The molecule has 0 spiro atoms. The Kier molecular flexibility index (Phi) is 3.48. The zero-order chi connectivity index (χ0) is 16.8. The van der Waals surface area contributed by atoms with Gasteiger partial charge in [-0.2, -0.15) is 0 Å². The van der Waals surface area contributed by atoms with Crippen LogP contribution in [0.3, 0.4) is 0 Å². The summed E-state index contributed by atoms with van der Waals surface area (Å²) >= 11 is 0. The van der Waals surface area contributed by atoms with Crippen LogP contribution in [-0.2, 0) is 12.8 Å². The molecule has 2 bridgehead atoms. The van der Waals surface area contributed by atoms with E-state index in [1.807, 2.05) is 0 Å². The Hall–Kier alpha value is -2.50. The summed E-state index contributed by atoms with van der Waals surface area (Å²) in [6, 6.07) is 5.96. The van der Waals surface area contributed by atoms with E-state index in [9.17, 15) is 14.0 Å². The van der Waals surface area contributed by atoms with Gasteiger partial charge in [-0.05, 0) is 31.9 Å². The van der Waals surface area contributed by atoms with Crippen LogP contribution in [0.1, 0.15) is 40.3 Å². The van der Waals surface area contributed by atoms with E-state index in [0.29, 0.717) is 24.2 Å². The van der Waals surface area contributed by atoms with Crippen molar-refractivity contribution in [2.45, 2.75) is 44.7 Å². The summed E-state index contributed by atoms with van der Waals surface area (Å²) in [6.07, 6.45) is 2.72. The zero-order valence-corrected chi connectivity index (χ0v) is 13.4. The van der Waals surface area contributed by atoms with Crippen LogP contribution in [0.5, 0.6) is 0 Å². The second-order valence-electron chi connectivity index (χ2n) is 6.56. The average molecular weight is 327 g/mol. The minimum Gasteiger partial charge on any atom is -0.332 e. The minimum absolute atomic E-state index is 0.0305. The van der Waals surface area contributed by atoms with E-state index in [1.54, 1.807) is 24.0 Å². The number of halogens is 1. The number of nitrogens with zero attached hydrogens (tertiary/aromatic N) is 2. The largest absolute Gasteiger partial charge is 0.332 e. The Labute approximate surface area is 138 Å². The monoisotopic (exact) mass is 327 g/mol. The van der Waals surface area contributed by atoms with Crippen molar-refractivity contribution >= 4 is 5.91 Å². The molecule has 3 heterocycles. The normalized spacial score (nSPS) is 22.2. The Morgan fingerprint density at radius 2 is 1.96 bits per heavy atom. The first kappa shape index (κ1) is 15.1. The molecule has 1 N–H and O–H groups in total. The SMILES string of the molecule is Cc1nc2c(c(=O)[nH]1)C[C@H]1CC[C@@H](C2)N1C(=O)c1ccccc1F. The Bertz CT molecular complexity index is 877. The van der Waals surface area contributed by atoms with Gasteiger partial charge in [0.15, 0.2) is 0 Å². The van der Waals surface area contributed by atoms with Gasteiger partial charge in [-0.3, -0.25) is 9.59 Å². The van der Waals surface area contributed by atoms with Crippen LogP contribution in [0.25, 0.3) is 0 Å². The summed E-state index contributed by atoms with van der Waals surface area (Å²) in [5, 5.41) is 0. The Morgan fingerprint density at radius 3 is 2.71 bits per heavy atom. The summed E-state index contributed by atoms with van der Waals surface area (Å²) in [7, 11) is 0.